The van der Waals surface area contributed by atoms with Crippen molar-refractivity contribution in [3.8, 4) is 5.75 Å². The van der Waals surface area contributed by atoms with Crippen LogP contribution in [0.25, 0.3) is 5.76 Å². The molecule has 4 rings (SSSR count). The molecule has 1 aliphatic rings. The molecule has 0 aliphatic carbocycles. The number of halogens is 1. The largest absolute Gasteiger partial charge is 0.507 e. The van der Waals surface area contributed by atoms with Crippen molar-refractivity contribution in [3.63, 3.8) is 0 Å². The zero-order chi connectivity index (χ0) is 22.8. The molecule has 0 spiro atoms. The summed E-state index contributed by atoms with van der Waals surface area (Å²) in [5.41, 5.74) is 0.909. The first-order valence-corrected chi connectivity index (χ1v) is 10.5. The second-order valence-electron chi connectivity index (χ2n) is 7.39. The highest BCUT2D eigenvalue weighted by Gasteiger charge is 2.48. The van der Waals surface area contributed by atoms with Crippen molar-refractivity contribution in [1.82, 2.24) is 5.16 Å². The number of nitrogens with zero attached hydrogens (tertiary/aromatic N) is 2. The molecule has 164 valence electrons. The van der Waals surface area contributed by atoms with Gasteiger partial charge in [0, 0.05) is 16.7 Å². The molecule has 1 aliphatic heterocycles. The molecule has 3 aromatic rings. The maximum absolute atomic E-state index is 13.1. The van der Waals surface area contributed by atoms with Crippen LogP contribution in [0.2, 0.25) is 5.02 Å². The fourth-order valence-electron chi connectivity index (χ4n) is 3.61. The predicted octanol–water partition coefficient (Wildman–Crippen LogP) is 5.05. The Balaban J connectivity index is 1.90. The monoisotopic (exact) mass is 452 g/mol. The van der Waals surface area contributed by atoms with E-state index in [4.69, 9.17) is 20.9 Å². The van der Waals surface area contributed by atoms with Crippen LogP contribution in [-0.2, 0) is 9.59 Å². The van der Waals surface area contributed by atoms with Gasteiger partial charge in [0.2, 0.25) is 0 Å². The fourth-order valence-corrected chi connectivity index (χ4v) is 3.73. The Kier molecular flexibility index (Phi) is 6.01. The van der Waals surface area contributed by atoms with E-state index in [1.54, 1.807) is 61.5 Å². The molecule has 0 radical (unpaired) electrons. The number of ether oxygens (including phenoxy) is 1. The number of rotatable bonds is 6. The third kappa shape index (κ3) is 3.99. The minimum absolute atomic E-state index is 0.0504. The third-order valence-corrected chi connectivity index (χ3v) is 5.32. The lowest BCUT2D eigenvalue weighted by Gasteiger charge is -2.23. The number of ketones is 1. The van der Waals surface area contributed by atoms with Crippen molar-refractivity contribution in [3.05, 3.63) is 82.1 Å². The van der Waals surface area contributed by atoms with E-state index in [0.29, 0.717) is 34.3 Å². The summed E-state index contributed by atoms with van der Waals surface area (Å²) in [6, 6.07) is 14.1. The molecule has 2 heterocycles. The Labute approximate surface area is 189 Å². The molecule has 2 aromatic carbocycles. The van der Waals surface area contributed by atoms with Gasteiger partial charge in [-0.05, 0) is 55.3 Å². The van der Waals surface area contributed by atoms with Gasteiger partial charge in [0.25, 0.3) is 5.78 Å². The van der Waals surface area contributed by atoms with Crippen molar-refractivity contribution >= 4 is 34.9 Å². The number of aliphatic hydroxyl groups excluding tert-OH is 1. The van der Waals surface area contributed by atoms with Gasteiger partial charge in [0.15, 0.2) is 5.82 Å². The minimum atomic E-state index is -0.916. The van der Waals surface area contributed by atoms with Gasteiger partial charge in [-0.3, -0.25) is 14.5 Å². The number of hydrogen-bond acceptors (Lipinski definition) is 6. The van der Waals surface area contributed by atoms with Crippen LogP contribution in [0.5, 0.6) is 5.75 Å². The van der Waals surface area contributed by atoms with Crippen molar-refractivity contribution in [2.45, 2.75) is 26.3 Å². The molecule has 1 amide bonds. The van der Waals surface area contributed by atoms with E-state index in [2.05, 4.69) is 5.16 Å². The van der Waals surface area contributed by atoms with Crippen molar-refractivity contribution in [2.75, 3.05) is 11.5 Å². The molecule has 0 saturated carbocycles. The van der Waals surface area contributed by atoms with Crippen LogP contribution in [-0.4, -0.2) is 28.6 Å². The zero-order valence-electron chi connectivity index (χ0n) is 17.5. The highest BCUT2D eigenvalue weighted by Crippen LogP contribution is 2.42. The normalized spacial score (nSPS) is 17.7. The van der Waals surface area contributed by atoms with Gasteiger partial charge in [-0.15, -0.1) is 0 Å². The van der Waals surface area contributed by atoms with Gasteiger partial charge < -0.3 is 14.4 Å². The maximum Gasteiger partial charge on any atom is 0.301 e. The standard InChI is InChI=1S/C24H21ClN2O5/c1-3-11-31-18-6-4-5-16(13-18)21-20(22(28)15-7-9-17(25)10-8-15)23(29)24(30)27(21)19-12-14(2)32-26-19/h4-10,12-13,21,28H,3,11H2,1-2H3. The van der Waals surface area contributed by atoms with Crippen LogP contribution in [0.4, 0.5) is 5.82 Å². The minimum Gasteiger partial charge on any atom is -0.507 e. The van der Waals surface area contributed by atoms with Crippen LogP contribution in [0.15, 0.2) is 64.7 Å². The van der Waals surface area contributed by atoms with Gasteiger partial charge >= 0.3 is 5.91 Å². The van der Waals surface area contributed by atoms with Gasteiger partial charge in [0.1, 0.15) is 17.3 Å². The number of aryl methyl sites for hydroxylation is 1. The van der Waals surface area contributed by atoms with Crippen molar-refractivity contribution in [2.24, 2.45) is 0 Å². The molecular weight excluding hydrogens is 432 g/mol. The summed E-state index contributed by atoms with van der Waals surface area (Å²) in [5.74, 6) is -0.657. The number of amides is 1. The van der Waals surface area contributed by atoms with Gasteiger partial charge in [-0.1, -0.05) is 35.8 Å². The number of benzene rings is 2. The Morgan fingerprint density at radius 1 is 1.19 bits per heavy atom. The van der Waals surface area contributed by atoms with E-state index < -0.39 is 17.7 Å². The number of aliphatic hydroxyl groups is 1. The number of carbonyl (C=O) groups is 2. The first-order chi connectivity index (χ1) is 15.4. The topological polar surface area (TPSA) is 92.9 Å². The van der Waals surface area contributed by atoms with Gasteiger partial charge in [-0.25, -0.2) is 0 Å². The summed E-state index contributed by atoms with van der Waals surface area (Å²) >= 11 is 5.96. The summed E-state index contributed by atoms with van der Waals surface area (Å²) in [5, 5.41) is 15.5. The first-order valence-electron chi connectivity index (χ1n) is 10.1. The average Bonchev–Trinajstić information content (AvgIpc) is 3.33. The second kappa shape index (κ2) is 8.88. The smallest absolute Gasteiger partial charge is 0.301 e. The lowest BCUT2D eigenvalue weighted by Crippen LogP contribution is -2.29. The molecule has 8 heteroatoms. The summed E-state index contributed by atoms with van der Waals surface area (Å²) in [4.78, 5) is 27.4. The first kappa shape index (κ1) is 21.6. The van der Waals surface area contributed by atoms with Crippen molar-refractivity contribution < 1.29 is 24.0 Å². The Bertz CT molecular complexity index is 1200. The molecule has 0 bridgehead atoms. The Morgan fingerprint density at radius 3 is 2.59 bits per heavy atom. The van der Waals surface area contributed by atoms with E-state index in [9.17, 15) is 14.7 Å². The van der Waals surface area contributed by atoms with E-state index in [1.165, 1.54) is 4.90 Å². The highest BCUT2D eigenvalue weighted by atomic mass is 35.5. The number of anilines is 1. The Hall–Kier alpha value is -3.58. The molecule has 1 atom stereocenters. The van der Waals surface area contributed by atoms with E-state index in [-0.39, 0.29) is 17.2 Å². The number of Topliss-reactive ketones (excluding diaryl/α,β-unsaturated/α-hetero) is 1. The van der Waals surface area contributed by atoms with E-state index in [1.807, 2.05) is 6.92 Å². The summed E-state index contributed by atoms with van der Waals surface area (Å²) in [6.07, 6.45) is 0.831. The highest BCUT2D eigenvalue weighted by molar-refractivity contribution is 6.51. The Morgan fingerprint density at radius 2 is 1.94 bits per heavy atom. The van der Waals surface area contributed by atoms with Gasteiger partial charge in [0.05, 0.1) is 18.2 Å². The second-order valence-corrected chi connectivity index (χ2v) is 7.83. The van der Waals surface area contributed by atoms with Crippen LogP contribution in [0.1, 0.15) is 36.3 Å². The SMILES string of the molecule is CCCOc1cccc(C2C(=C(O)c3ccc(Cl)cc3)C(=O)C(=O)N2c2cc(C)on2)c1. The molecule has 32 heavy (non-hydrogen) atoms. The molecule has 1 saturated heterocycles. The lowest BCUT2D eigenvalue weighted by atomic mass is 9.95. The van der Waals surface area contributed by atoms with E-state index in [0.717, 1.165) is 6.42 Å². The molecule has 1 unspecified atom stereocenters. The summed E-state index contributed by atoms with van der Waals surface area (Å²) < 4.78 is 10.9. The van der Waals surface area contributed by atoms with Crippen LogP contribution in [0, 0.1) is 6.92 Å². The zero-order valence-corrected chi connectivity index (χ0v) is 18.3. The average molecular weight is 453 g/mol. The number of carbonyl (C=O) groups excluding carboxylic acids is 2. The van der Waals surface area contributed by atoms with Crippen LogP contribution >= 0.6 is 11.6 Å². The molecule has 7 nitrogen and oxygen atoms in total. The molecular formula is C24H21ClN2O5. The van der Waals surface area contributed by atoms with E-state index >= 15 is 0 Å². The third-order valence-electron chi connectivity index (χ3n) is 5.07. The predicted molar refractivity (Wildman–Crippen MR) is 120 cm³/mol. The summed E-state index contributed by atoms with van der Waals surface area (Å²) in [6.45, 7) is 4.21. The molecule has 1 aromatic heterocycles. The van der Waals surface area contributed by atoms with Crippen LogP contribution in [0.3, 0.4) is 0 Å². The fraction of sp³-hybridized carbons (Fsp3) is 0.208. The molecule has 1 N–H and O–H groups in total. The lowest BCUT2D eigenvalue weighted by molar-refractivity contribution is -0.132. The van der Waals surface area contributed by atoms with Crippen LogP contribution < -0.4 is 9.64 Å². The number of aromatic nitrogens is 1. The molecule has 1 fully saturated rings. The van der Waals surface area contributed by atoms with Crippen molar-refractivity contribution in [1.29, 1.82) is 0 Å². The maximum atomic E-state index is 13.1. The summed E-state index contributed by atoms with van der Waals surface area (Å²) in [7, 11) is 0. The van der Waals surface area contributed by atoms with Gasteiger partial charge in [-0.2, -0.15) is 0 Å². The number of hydrogen-bond donors (Lipinski definition) is 1. The quantitative estimate of drug-likeness (QED) is 0.319.